The molecule has 40 heavy (non-hydrogen) atoms. The Labute approximate surface area is 255 Å². The van der Waals surface area contributed by atoms with Gasteiger partial charge in [0.05, 0.1) is 0 Å². The molecular formula is C40H72. The number of hydrogen-bond acceptors (Lipinski definition) is 0. The third-order valence-electron chi connectivity index (χ3n) is 5.79. The van der Waals surface area contributed by atoms with Crippen molar-refractivity contribution in [3.05, 3.63) is 96.2 Å². The number of rotatable bonds is 7. The van der Waals surface area contributed by atoms with Crippen LogP contribution in [0.15, 0.2) is 85.0 Å². The Hall–Kier alpha value is -2.34. The molecule has 1 aromatic carbocycles. The minimum absolute atomic E-state index is 1.05. The van der Waals surface area contributed by atoms with Gasteiger partial charge in [0.2, 0.25) is 0 Å². The van der Waals surface area contributed by atoms with Gasteiger partial charge in [0, 0.05) is 0 Å². The highest BCUT2D eigenvalue weighted by Gasteiger charge is 2.07. The first-order valence-electron chi connectivity index (χ1n) is 16.3. The maximum Gasteiger partial charge on any atom is -0.0182 e. The van der Waals surface area contributed by atoms with Gasteiger partial charge in [0.15, 0.2) is 0 Å². The van der Waals surface area contributed by atoms with Gasteiger partial charge in [-0.2, -0.15) is 0 Å². The fourth-order valence-corrected chi connectivity index (χ4v) is 3.89. The van der Waals surface area contributed by atoms with Gasteiger partial charge in [0.1, 0.15) is 0 Å². The molecule has 1 fully saturated rings. The fourth-order valence-electron chi connectivity index (χ4n) is 3.89. The molecule has 0 radical (unpaired) electrons. The van der Waals surface area contributed by atoms with Crippen molar-refractivity contribution in [2.45, 2.75) is 142 Å². The summed E-state index contributed by atoms with van der Waals surface area (Å²) in [5.74, 6) is 1.05. The van der Waals surface area contributed by atoms with E-state index in [1.54, 1.807) is 0 Å². The van der Waals surface area contributed by atoms with E-state index in [1.165, 1.54) is 53.5 Å². The lowest BCUT2D eigenvalue weighted by atomic mass is 9.97. The molecule has 1 aliphatic rings. The third kappa shape index (κ3) is 24.7. The summed E-state index contributed by atoms with van der Waals surface area (Å²) in [6.07, 6.45) is 16.5. The van der Waals surface area contributed by atoms with E-state index in [0.717, 1.165) is 29.9 Å². The molecule has 0 saturated heterocycles. The van der Waals surface area contributed by atoms with Crippen LogP contribution in [0.4, 0.5) is 0 Å². The molecule has 2 rings (SSSR count). The van der Waals surface area contributed by atoms with Crippen LogP contribution in [0, 0.1) is 5.92 Å². The standard InChI is InChI=1S/C14H16.C12H20.C6H12.4C2H6/c1-5-12(6-2)14-9-7-8-13(10-14)11(3)4;1-6-9-11(7-2)12(8-3)10(4)5;1-6-4-2-3-5-6;4*1-2/h5-10H,1,3H2,2,4H3;8-9H,4,6-7H2,1-3,5H3;6H,2-5H2,1H3;4*1-2H3/b12-6+;11-9+,12-8+;;;;;. The number of allylic oxidation sites excluding steroid dienone is 9. The van der Waals surface area contributed by atoms with E-state index in [4.69, 9.17) is 0 Å². The minimum atomic E-state index is 1.05. The van der Waals surface area contributed by atoms with Gasteiger partial charge in [-0.15, -0.1) is 0 Å². The van der Waals surface area contributed by atoms with E-state index in [9.17, 15) is 0 Å². The van der Waals surface area contributed by atoms with Crippen LogP contribution in [0.25, 0.3) is 11.1 Å². The average Bonchev–Trinajstić information content (AvgIpc) is 3.49. The van der Waals surface area contributed by atoms with Crippen LogP contribution >= 0.6 is 0 Å². The van der Waals surface area contributed by atoms with Crippen molar-refractivity contribution >= 4 is 11.1 Å². The molecular weight excluding hydrogens is 480 g/mol. The summed E-state index contributed by atoms with van der Waals surface area (Å²) in [6.45, 7) is 42.6. The van der Waals surface area contributed by atoms with E-state index in [2.05, 4.69) is 90.8 Å². The van der Waals surface area contributed by atoms with Gasteiger partial charge >= 0.3 is 0 Å². The van der Waals surface area contributed by atoms with E-state index in [-0.39, 0.29) is 0 Å². The van der Waals surface area contributed by atoms with E-state index in [1.807, 2.05) is 81.4 Å². The van der Waals surface area contributed by atoms with Crippen LogP contribution in [-0.2, 0) is 0 Å². The quantitative estimate of drug-likeness (QED) is 0.295. The normalized spacial score (nSPS) is 12.3. The van der Waals surface area contributed by atoms with Gasteiger partial charge in [-0.1, -0.05) is 175 Å². The zero-order chi connectivity index (χ0) is 32.5. The summed E-state index contributed by atoms with van der Waals surface area (Å²) in [5.41, 5.74) is 8.54. The summed E-state index contributed by atoms with van der Waals surface area (Å²) in [4.78, 5) is 0. The van der Waals surface area contributed by atoms with E-state index in [0.29, 0.717) is 0 Å². The molecule has 0 unspecified atom stereocenters. The topological polar surface area (TPSA) is 0 Å². The Bertz CT molecular complexity index is 804. The summed E-state index contributed by atoms with van der Waals surface area (Å²) in [5, 5.41) is 0. The van der Waals surface area contributed by atoms with Crippen LogP contribution in [0.2, 0.25) is 0 Å². The van der Waals surface area contributed by atoms with Crippen molar-refractivity contribution < 1.29 is 0 Å². The van der Waals surface area contributed by atoms with Crippen LogP contribution in [0.1, 0.15) is 154 Å². The lowest BCUT2D eigenvalue weighted by molar-refractivity contribution is 0.612. The first-order valence-corrected chi connectivity index (χ1v) is 16.3. The van der Waals surface area contributed by atoms with Gasteiger partial charge in [-0.25, -0.2) is 0 Å². The summed E-state index contributed by atoms with van der Waals surface area (Å²) in [7, 11) is 0. The van der Waals surface area contributed by atoms with Crippen LogP contribution in [0.3, 0.4) is 0 Å². The maximum atomic E-state index is 3.97. The summed E-state index contributed by atoms with van der Waals surface area (Å²) < 4.78 is 0. The SMILES string of the molecule is C=C(C)C(=C\C)/C(=C/CC)CC.C=C/C(=C\C)c1cccc(C(=C)C)c1.CC.CC.CC.CC.CC1CCCC1. The third-order valence-corrected chi connectivity index (χ3v) is 5.79. The highest BCUT2D eigenvalue weighted by Crippen LogP contribution is 2.23. The zero-order valence-corrected chi connectivity index (χ0v) is 30.1. The Kier molecular flexibility index (Phi) is 43.5. The molecule has 0 atom stereocenters. The number of hydrogen-bond donors (Lipinski definition) is 0. The minimum Gasteiger partial charge on any atom is -0.0985 e. The first kappa shape index (κ1) is 47.4. The van der Waals surface area contributed by atoms with E-state index >= 15 is 0 Å². The molecule has 0 bridgehead atoms. The molecule has 0 amide bonds. The lowest BCUT2D eigenvalue weighted by Gasteiger charge is -2.09. The predicted molar refractivity (Wildman–Crippen MR) is 195 cm³/mol. The van der Waals surface area contributed by atoms with Crippen LogP contribution in [0.5, 0.6) is 0 Å². The molecule has 1 aromatic rings. The van der Waals surface area contributed by atoms with Crippen LogP contribution < -0.4 is 0 Å². The summed E-state index contributed by atoms with van der Waals surface area (Å²) in [6, 6.07) is 8.34. The molecule has 0 spiro atoms. The highest BCUT2D eigenvalue weighted by molar-refractivity contribution is 5.76. The fraction of sp³-hybridized carbons (Fsp3) is 0.550. The second kappa shape index (κ2) is 36.7. The largest absolute Gasteiger partial charge is 0.0985 e. The first-order chi connectivity index (χ1) is 19.2. The molecule has 0 heterocycles. The molecule has 232 valence electrons. The van der Waals surface area contributed by atoms with E-state index < -0.39 is 0 Å². The second-order valence-corrected chi connectivity index (χ2v) is 8.67. The van der Waals surface area contributed by atoms with Crippen molar-refractivity contribution in [2.75, 3.05) is 0 Å². The summed E-state index contributed by atoms with van der Waals surface area (Å²) >= 11 is 0. The molecule has 0 heteroatoms. The van der Waals surface area contributed by atoms with Gasteiger partial charge in [-0.05, 0) is 80.4 Å². The Balaban J connectivity index is -0.000000142. The maximum absolute atomic E-state index is 3.97. The van der Waals surface area contributed by atoms with Crippen LogP contribution in [-0.4, -0.2) is 0 Å². The van der Waals surface area contributed by atoms with Gasteiger partial charge in [-0.3, -0.25) is 0 Å². The van der Waals surface area contributed by atoms with Crippen molar-refractivity contribution in [3.8, 4) is 0 Å². The second-order valence-electron chi connectivity index (χ2n) is 8.67. The monoisotopic (exact) mass is 553 g/mol. The lowest BCUT2D eigenvalue weighted by Crippen LogP contribution is -1.89. The van der Waals surface area contributed by atoms with Gasteiger partial charge in [0.25, 0.3) is 0 Å². The molecule has 0 aromatic heterocycles. The predicted octanol–water partition coefficient (Wildman–Crippen LogP) is 14.9. The van der Waals surface area contributed by atoms with Crippen molar-refractivity contribution in [1.29, 1.82) is 0 Å². The zero-order valence-electron chi connectivity index (χ0n) is 30.1. The Morgan fingerprint density at radius 2 is 1.30 bits per heavy atom. The highest BCUT2D eigenvalue weighted by atomic mass is 14.1. The number of benzene rings is 1. The molecule has 1 saturated carbocycles. The average molecular weight is 553 g/mol. The molecule has 0 N–H and O–H groups in total. The molecule has 0 nitrogen and oxygen atoms in total. The van der Waals surface area contributed by atoms with Gasteiger partial charge < -0.3 is 0 Å². The molecule has 1 aliphatic carbocycles. The van der Waals surface area contributed by atoms with Crippen molar-refractivity contribution in [1.82, 2.24) is 0 Å². The molecule has 0 aliphatic heterocycles. The Morgan fingerprint density at radius 1 is 0.825 bits per heavy atom. The smallest absolute Gasteiger partial charge is 0.0182 e. The Morgan fingerprint density at radius 3 is 1.57 bits per heavy atom. The van der Waals surface area contributed by atoms with Crippen molar-refractivity contribution in [2.24, 2.45) is 5.92 Å². The van der Waals surface area contributed by atoms with Crippen molar-refractivity contribution in [3.63, 3.8) is 0 Å².